The van der Waals surface area contributed by atoms with E-state index in [1.54, 1.807) is 0 Å². The van der Waals surface area contributed by atoms with Gasteiger partial charge in [0, 0.05) is 35.3 Å². The summed E-state index contributed by atoms with van der Waals surface area (Å²) < 4.78 is 1.99. The van der Waals surface area contributed by atoms with E-state index < -0.39 is 0 Å². The maximum absolute atomic E-state index is 4.47. The first-order chi connectivity index (χ1) is 8.75. The minimum absolute atomic E-state index is 0.246. The van der Waals surface area contributed by atoms with Crippen LogP contribution < -0.4 is 0 Å². The standard InChI is InChI=1S/C15H26N4/c1-10(2)18-9-12(16-17-18)15-7-11(3)19(13(15)8-15)14(4,5)6/h9-11,13H,7-8H2,1-6H3/t11-,13-,15+/m1/s1. The van der Waals surface area contributed by atoms with E-state index in [9.17, 15) is 0 Å². The van der Waals surface area contributed by atoms with E-state index in [4.69, 9.17) is 0 Å². The van der Waals surface area contributed by atoms with Gasteiger partial charge in [-0.2, -0.15) is 0 Å². The predicted molar refractivity (Wildman–Crippen MR) is 76.2 cm³/mol. The molecule has 0 amide bonds. The summed E-state index contributed by atoms with van der Waals surface area (Å²) >= 11 is 0. The molecule has 19 heavy (non-hydrogen) atoms. The molecule has 2 heterocycles. The molecule has 0 bridgehead atoms. The number of hydrogen-bond acceptors (Lipinski definition) is 3. The van der Waals surface area contributed by atoms with Gasteiger partial charge in [0.25, 0.3) is 0 Å². The lowest BCUT2D eigenvalue weighted by molar-refractivity contribution is 0.104. The Morgan fingerprint density at radius 3 is 2.47 bits per heavy atom. The van der Waals surface area contributed by atoms with Crippen LogP contribution in [0.2, 0.25) is 0 Å². The fourth-order valence-corrected chi connectivity index (χ4v) is 4.07. The lowest BCUT2D eigenvalue weighted by atomic mass is 9.96. The van der Waals surface area contributed by atoms with Crippen LogP contribution in [0.25, 0.3) is 0 Å². The third-order valence-corrected chi connectivity index (χ3v) is 4.83. The van der Waals surface area contributed by atoms with Gasteiger partial charge in [-0.1, -0.05) is 5.21 Å². The van der Waals surface area contributed by atoms with Crippen LogP contribution in [0.1, 0.15) is 66.1 Å². The minimum atomic E-state index is 0.246. The number of hydrogen-bond donors (Lipinski definition) is 0. The predicted octanol–water partition coefficient (Wildman–Crippen LogP) is 2.76. The average molecular weight is 262 g/mol. The van der Waals surface area contributed by atoms with Gasteiger partial charge < -0.3 is 0 Å². The van der Waals surface area contributed by atoms with Crippen LogP contribution in [-0.4, -0.2) is 37.5 Å². The van der Waals surface area contributed by atoms with Crippen molar-refractivity contribution in [1.29, 1.82) is 0 Å². The SMILES string of the molecule is CC(C)n1cc([C@@]23C[C@@H](C)N(C(C)(C)C)[C@@H]2C3)nn1. The Balaban J connectivity index is 1.88. The lowest BCUT2D eigenvalue weighted by Crippen LogP contribution is -2.45. The van der Waals surface area contributed by atoms with Crippen LogP contribution in [0.4, 0.5) is 0 Å². The molecule has 106 valence electrons. The molecule has 1 saturated heterocycles. The Morgan fingerprint density at radius 1 is 1.32 bits per heavy atom. The van der Waals surface area contributed by atoms with Crippen molar-refractivity contribution in [3.63, 3.8) is 0 Å². The average Bonchev–Trinajstić information content (AvgIpc) is 2.73. The summed E-state index contributed by atoms with van der Waals surface area (Å²) in [5.74, 6) is 0. The van der Waals surface area contributed by atoms with E-state index in [0.29, 0.717) is 23.5 Å². The number of aromatic nitrogens is 3. The van der Waals surface area contributed by atoms with Gasteiger partial charge in [0.2, 0.25) is 0 Å². The summed E-state index contributed by atoms with van der Waals surface area (Å²) in [7, 11) is 0. The van der Waals surface area contributed by atoms with Gasteiger partial charge in [0.1, 0.15) is 0 Å². The number of rotatable bonds is 2. The molecule has 1 aromatic rings. The molecule has 0 N–H and O–H groups in total. The number of fused-ring (bicyclic) bond motifs is 1. The molecule has 3 rings (SSSR count). The number of likely N-dealkylation sites (tertiary alicyclic amines) is 1. The third-order valence-electron chi connectivity index (χ3n) is 4.83. The first-order valence-corrected chi connectivity index (χ1v) is 7.46. The second kappa shape index (κ2) is 3.81. The maximum Gasteiger partial charge on any atom is 0.0905 e. The van der Waals surface area contributed by atoms with Crippen LogP contribution in [-0.2, 0) is 5.41 Å². The quantitative estimate of drug-likeness (QED) is 0.822. The van der Waals surface area contributed by atoms with Crippen LogP contribution >= 0.6 is 0 Å². The third kappa shape index (κ3) is 1.83. The molecular weight excluding hydrogens is 236 g/mol. The molecule has 3 atom stereocenters. The molecule has 0 radical (unpaired) electrons. The van der Waals surface area contributed by atoms with Gasteiger partial charge >= 0.3 is 0 Å². The Bertz CT molecular complexity index is 485. The highest BCUT2D eigenvalue weighted by molar-refractivity contribution is 5.34. The normalized spacial score (nSPS) is 34.9. The Labute approximate surface area is 116 Å². The van der Waals surface area contributed by atoms with Crippen molar-refractivity contribution in [3.05, 3.63) is 11.9 Å². The van der Waals surface area contributed by atoms with E-state index in [-0.39, 0.29) is 5.54 Å². The Kier molecular flexibility index (Phi) is 2.63. The van der Waals surface area contributed by atoms with Crippen molar-refractivity contribution in [2.24, 2.45) is 0 Å². The molecule has 1 saturated carbocycles. The van der Waals surface area contributed by atoms with Gasteiger partial charge in [-0.15, -0.1) is 5.10 Å². The molecule has 2 fully saturated rings. The Morgan fingerprint density at radius 2 is 2.00 bits per heavy atom. The van der Waals surface area contributed by atoms with Crippen molar-refractivity contribution in [1.82, 2.24) is 19.9 Å². The summed E-state index contributed by atoms with van der Waals surface area (Å²) in [6.07, 6.45) is 4.65. The second-order valence-electron chi connectivity index (χ2n) is 7.68. The van der Waals surface area contributed by atoms with Gasteiger partial charge in [-0.05, 0) is 54.4 Å². The molecule has 4 heteroatoms. The number of nitrogens with zero attached hydrogens (tertiary/aromatic N) is 4. The van der Waals surface area contributed by atoms with Crippen molar-refractivity contribution in [2.45, 2.75) is 83.5 Å². The van der Waals surface area contributed by atoms with E-state index in [0.717, 1.165) is 0 Å². The molecule has 2 aliphatic rings. The zero-order chi connectivity index (χ0) is 14.0. The first kappa shape index (κ1) is 13.1. The van der Waals surface area contributed by atoms with Crippen molar-refractivity contribution in [2.75, 3.05) is 0 Å². The zero-order valence-corrected chi connectivity index (χ0v) is 13.0. The monoisotopic (exact) mass is 262 g/mol. The minimum Gasteiger partial charge on any atom is -0.292 e. The highest BCUT2D eigenvalue weighted by Crippen LogP contribution is 2.61. The zero-order valence-electron chi connectivity index (χ0n) is 13.0. The summed E-state index contributed by atoms with van der Waals surface area (Å²) in [4.78, 5) is 2.68. The van der Waals surface area contributed by atoms with Crippen molar-refractivity contribution >= 4 is 0 Å². The van der Waals surface area contributed by atoms with E-state index >= 15 is 0 Å². The largest absolute Gasteiger partial charge is 0.292 e. The Hall–Kier alpha value is -0.900. The fourth-order valence-electron chi connectivity index (χ4n) is 4.07. The second-order valence-corrected chi connectivity index (χ2v) is 7.68. The van der Waals surface area contributed by atoms with Crippen molar-refractivity contribution in [3.8, 4) is 0 Å². The molecule has 0 aromatic carbocycles. The van der Waals surface area contributed by atoms with Crippen molar-refractivity contribution < 1.29 is 0 Å². The molecule has 0 unspecified atom stereocenters. The van der Waals surface area contributed by atoms with Gasteiger partial charge in [-0.25, -0.2) is 4.68 Å². The smallest absolute Gasteiger partial charge is 0.0905 e. The summed E-state index contributed by atoms with van der Waals surface area (Å²) in [5.41, 5.74) is 1.75. The fraction of sp³-hybridized carbons (Fsp3) is 0.867. The van der Waals surface area contributed by atoms with E-state index in [2.05, 4.69) is 63.0 Å². The van der Waals surface area contributed by atoms with Crippen LogP contribution in [0.15, 0.2) is 6.20 Å². The number of piperidine rings is 1. The van der Waals surface area contributed by atoms with Crippen LogP contribution in [0.3, 0.4) is 0 Å². The molecular formula is C15H26N4. The molecule has 0 spiro atoms. The highest BCUT2D eigenvalue weighted by Gasteiger charge is 2.67. The summed E-state index contributed by atoms with van der Waals surface area (Å²) in [6, 6.07) is 1.70. The van der Waals surface area contributed by atoms with Crippen LogP contribution in [0.5, 0.6) is 0 Å². The lowest BCUT2D eigenvalue weighted by Gasteiger charge is -2.37. The summed E-state index contributed by atoms with van der Waals surface area (Å²) in [5, 5.41) is 8.76. The van der Waals surface area contributed by atoms with Crippen LogP contribution in [0, 0.1) is 0 Å². The topological polar surface area (TPSA) is 34.0 Å². The highest BCUT2D eigenvalue weighted by atomic mass is 15.4. The van der Waals surface area contributed by atoms with Gasteiger partial charge in [-0.3, -0.25) is 4.90 Å². The molecule has 1 aromatic heterocycles. The van der Waals surface area contributed by atoms with E-state index in [1.165, 1.54) is 18.5 Å². The molecule has 4 nitrogen and oxygen atoms in total. The first-order valence-electron chi connectivity index (χ1n) is 7.46. The summed E-state index contributed by atoms with van der Waals surface area (Å²) in [6.45, 7) is 13.6. The van der Waals surface area contributed by atoms with Gasteiger partial charge in [0.15, 0.2) is 0 Å². The molecule has 1 aliphatic heterocycles. The maximum atomic E-state index is 4.47. The van der Waals surface area contributed by atoms with Gasteiger partial charge in [0.05, 0.1) is 5.69 Å². The molecule has 1 aliphatic carbocycles. The van der Waals surface area contributed by atoms with E-state index in [1.807, 2.05) is 4.68 Å².